The van der Waals surface area contributed by atoms with Crippen molar-refractivity contribution < 1.29 is 19.1 Å². The van der Waals surface area contributed by atoms with E-state index in [-0.39, 0.29) is 17.8 Å². The number of nitrogens with zero attached hydrogens (tertiary/aromatic N) is 1. The number of rotatable bonds is 6. The number of Topliss-reactive ketones (excluding diaryl/α,β-unsaturated/α-hetero) is 1. The third kappa shape index (κ3) is 4.63. The Labute approximate surface area is 155 Å². The standard InChI is InChI=1S/C17H24N4O6/c1-8(19-15(25)17(2,3)4)14(24)27-7-10(22)11-12(18)21(9-5-6-9)16(26)20-13(11)23/h8-9H,5-7,18H2,1-4H3,(H,19,25)(H,20,23,26). The van der Waals surface area contributed by atoms with E-state index < -0.39 is 46.6 Å². The number of ether oxygens (including phenoxy) is 1. The van der Waals surface area contributed by atoms with Gasteiger partial charge in [0.2, 0.25) is 11.7 Å². The van der Waals surface area contributed by atoms with E-state index in [0.29, 0.717) is 0 Å². The molecule has 0 aliphatic heterocycles. The van der Waals surface area contributed by atoms with E-state index >= 15 is 0 Å². The molecule has 1 fully saturated rings. The molecule has 0 bridgehead atoms. The van der Waals surface area contributed by atoms with Crippen molar-refractivity contribution in [1.82, 2.24) is 14.9 Å². The summed E-state index contributed by atoms with van der Waals surface area (Å²) in [6.45, 7) is 5.75. The normalized spacial score (nSPS) is 15.1. The Morgan fingerprint density at radius 3 is 2.41 bits per heavy atom. The molecule has 1 aliphatic carbocycles. The highest BCUT2D eigenvalue weighted by molar-refractivity contribution is 6.01. The lowest BCUT2D eigenvalue weighted by Crippen LogP contribution is -2.45. The summed E-state index contributed by atoms with van der Waals surface area (Å²) in [5.74, 6) is -2.24. The number of aromatic amines is 1. The lowest BCUT2D eigenvalue weighted by Gasteiger charge is -2.20. The van der Waals surface area contributed by atoms with Crippen LogP contribution >= 0.6 is 0 Å². The van der Waals surface area contributed by atoms with E-state index in [4.69, 9.17) is 10.5 Å². The number of carbonyl (C=O) groups excluding carboxylic acids is 3. The fourth-order valence-corrected chi connectivity index (χ4v) is 2.34. The van der Waals surface area contributed by atoms with Crippen LogP contribution in [0.2, 0.25) is 0 Å². The number of nitrogen functional groups attached to an aromatic ring is 1. The smallest absolute Gasteiger partial charge is 0.330 e. The van der Waals surface area contributed by atoms with Crippen LogP contribution in [-0.2, 0) is 14.3 Å². The summed E-state index contributed by atoms with van der Waals surface area (Å²) in [7, 11) is 0. The predicted octanol–water partition coefficient (Wildman–Crippen LogP) is -0.270. The summed E-state index contributed by atoms with van der Waals surface area (Å²) in [6.07, 6.45) is 1.45. The Kier molecular flexibility index (Phi) is 5.57. The quantitative estimate of drug-likeness (QED) is 0.453. The maximum Gasteiger partial charge on any atom is 0.330 e. The SMILES string of the molecule is CC(NC(=O)C(C)(C)C)C(=O)OCC(=O)c1c(N)n(C2CC2)c(=O)[nH]c1=O. The minimum Gasteiger partial charge on any atom is -0.456 e. The van der Waals surface area contributed by atoms with E-state index in [0.717, 1.165) is 12.8 Å². The van der Waals surface area contributed by atoms with Gasteiger partial charge in [0.15, 0.2) is 6.61 Å². The van der Waals surface area contributed by atoms with Crippen molar-refractivity contribution >= 4 is 23.5 Å². The van der Waals surface area contributed by atoms with Crippen molar-refractivity contribution in [2.75, 3.05) is 12.3 Å². The van der Waals surface area contributed by atoms with Crippen LogP contribution in [0.1, 0.15) is 56.9 Å². The molecule has 10 nitrogen and oxygen atoms in total. The molecule has 0 spiro atoms. The van der Waals surface area contributed by atoms with Crippen molar-refractivity contribution in [3.8, 4) is 0 Å². The van der Waals surface area contributed by atoms with Crippen LogP contribution in [0.5, 0.6) is 0 Å². The second-order valence-electron chi connectivity index (χ2n) is 7.60. The lowest BCUT2D eigenvalue weighted by atomic mass is 9.95. The second kappa shape index (κ2) is 7.37. The first-order valence-electron chi connectivity index (χ1n) is 8.58. The number of anilines is 1. The molecular weight excluding hydrogens is 356 g/mol. The molecule has 0 saturated heterocycles. The molecule has 0 radical (unpaired) electrons. The fraction of sp³-hybridized carbons (Fsp3) is 0.588. The molecule has 1 aromatic rings. The first kappa shape index (κ1) is 20.4. The summed E-state index contributed by atoms with van der Waals surface area (Å²) in [6, 6.07) is -1.11. The van der Waals surface area contributed by atoms with Gasteiger partial charge in [-0.3, -0.25) is 23.9 Å². The minimum absolute atomic E-state index is 0.143. The number of nitrogens with one attached hydrogen (secondary N) is 2. The maximum atomic E-state index is 12.3. The number of hydrogen-bond donors (Lipinski definition) is 3. The zero-order valence-corrected chi connectivity index (χ0v) is 15.8. The number of nitrogens with two attached hydrogens (primary N) is 1. The summed E-state index contributed by atoms with van der Waals surface area (Å²) in [5.41, 5.74) is 3.12. The Morgan fingerprint density at radius 2 is 1.89 bits per heavy atom. The van der Waals surface area contributed by atoms with Gasteiger partial charge in [0, 0.05) is 11.5 Å². The summed E-state index contributed by atoms with van der Waals surface area (Å²) in [4.78, 5) is 62.1. The van der Waals surface area contributed by atoms with Crippen LogP contribution in [0.4, 0.5) is 5.82 Å². The van der Waals surface area contributed by atoms with Gasteiger partial charge in [0.1, 0.15) is 17.4 Å². The van der Waals surface area contributed by atoms with Gasteiger partial charge >= 0.3 is 11.7 Å². The Balaban J connectivity index is 2.07. The zero-order chi connectivity index (χ0) is 20.5. The van der Waals surface area contributed by atoms with Crippen molar-refractivity contribution in [2.24, 2.45) is 5.41 Å². The van der Waals surface area contributed by atoms with Crippen molar-refractivity contribution in [1.29, 1.82) is 0 Å². The molecule has 1 amide bonds. The van der Waals surface area contributed by atoms with E-state index in [9.17, 15) is 24.0 Å². The second-order valence-corrected chi connectivity index (χ2v) is 7.60. The lowest BCUT2D eigenvalue weighted by molar-refractivity contribution is -0.147. The Hall–Kier alpha value is -2.91. The first-order chi connectivity index (χ1) is 12.4. The van der Waals surface area contributed by atoms with Crippen LogP contribution in [0.3, 0.4) is 0 Å². The van der Waals surface area contributed by atoms with Gasteiger partial charge in [-0.1, -0.05) is 20.8 Å². The maximum absolute atomic E-state index is 12.3. The van der Waals surface area contributed by atoms with Crippen molar-refractivity contribution in [3.63, 3.8) is 0 Å². The van der Waals surface area contributed by atoms with E-state index in [1.807, 2.05) is 0 Å². The highest BCUT2D eigenvalue weighted by atomic mass is 16.5. The van der Waals surface area contributed by atoms with Gasteiger partial charge in [-0.2, -0.15) is 0 Å². The molecule has 1 saturated carbocycles. The summed E-state index contributed by atoms with van der Waals surface area (Å²) in [5, 5.41) is 2.48. The zero-order valence-electron chi connectivity index (χ0n) is 15.8. The van der Waals surface area contributed by atoms with Gasteiger partial charge in [-0.05, 0) is 19.8 Å². The molecule has 0 aromatic carbocycles. The van der Waals surface area contributed by atoms with E-state index in [1.54, 1.807) is 20.8 Å². The third-order valence-electron chi connectivity index (χ3n) is 4.10. The molecule has 1 aromatic heterocycles. The molecule has 27 heavy (non-hydrogen) atoms. The molecule has 1 unspecified atom stereocenters. The number of aromatic nitrogens is 2. The molecule has 4 N–H and O–H groups in total. The largest absolute Gasteiger partial charge is 0.456 e. The summed E-state index contributed by atoms with van der Waals surface area (Å²) >= 11 is 0. The minimum atomic E-state index is -0.972. The molecule has 10 heteroatoms. The van der Waals surface area contributed by atoms with Crippen LogP contribution in [0.25, 0.3) is 0 Å². The summed E-state index contributed by atoms with van der Waals surface area (Å²) < 4.78 is 6.06. The number of carbonyl (C=O) groups is 3. The van der Waals surface area contributed by atoms with Gasteiger partial charge in [0.25, 0.3) is 5.56 Å². The highest BCUT2D eigenvalue weighted by Gasteiger charge is 2.31. The van der Waals surface area contributed by atoms with E-state index in [1.165, 1.54) is 11.5 Å². The van der Waals surface area contributed by atoms with Crippen LogP contribution in [0, 0.1) is 5.41 Å². The molecule has 1 heterocycles. The van der Waals surface area contributed by atoms with Crippen molar-refractivity contribution in [3.05, 3.63) is 26.4 Å². The number of hydrogen-bond acceptors (Lipinski definition) is 7. The molecule has 1 aliphatic rings. The first-order valence-corrected chi connectivity index (χ1v) is 8.58. The molecule has 148 valence electrons. The monoisotopic (exact) mass is 380 g/mol. The number of amides is 1. The van der Waals surface area contributed by atoms with Gasteiger partial charge in [-0.25, -0.2) is 9.59 Å². The van der Waals surface area contributed by atoms with Crippen molar-refractivity contribution in [2.45, 2.75) is 52.6 Å². The van der Waals surface area contributed by atoms with Crippen LogP contribution in [0.15, 0.2) is 9.59 Å². The Morgan fingerprint density at radius 1 is 1.30 bits per heavy atom. The van der Waals surface area contributed by atoms with Crippen LogP contribution < -0.4 is 22.3 Å². The highest BCUT2D eigenvalue weighted by Crippen LogP contribution is 2.35. The van der Waals surface area contributed by atoms with Gasteiger partial charge < -0.3 is 15.8 Å². The number of H-pyrrole nitrogens is 1. The predicted molar refractivity (Wildman–Crippen MR) is 96.4 cm³/mol. The Bertz CT molecular complexity index is 888. The average Bonchev–Trinajstić information content (AvgIpc) is 3.35. The third-order valence-corrected chi connectivity index (χ3v) is 4.10. The molecule has 2 rings (SSSR count). The van der Waals surface area contributed by atoms with Crippen LogP contribution in [-0.4, -0.2) is 39.9 Å². The molecule has 1 atom stereocenters. The topological polar surface area (TPSA) is 153 Å². The fourth-order valence-electron chi connectivity index (χ4n) is 2.34. The average molecular weight is 380 g/mol. The van der Waals surface area contributed by atoms with Gasteiger partial charge in [-0.15, -0.1) is 0 Å². The van der Waals surface area contributed by atoms with E-state index in [2.05, 4.69) is 10.3 Å². The van der Waals surface area contributed by atoms with Gasteiger partial charge in [0.05, 0.1) is 0 Å². The number of esters is 1. The number of ketones is 1. The molecular formula is C17H24N4O6.